The molecule has 1 amide bonds. The van der Waals surface area contributed by atoms with Crippen LogP contribution in [0, 0.1) is 19.8 Å². The normalized spacial score (nSPS) is 15.3. The van der Waals surface area contributed by atoms with Gasteiger partial charge in [-0.1, -0.05) is 29.3 Å². The molecule has 2 aromatic rings. The molecule has 0 spiro atoms. The highest BCUT2D eigenvalue weighted by molar-refractivity contribution is 6.38. The minimum Gasteiger partial charge on any atom is -0.481 e. The summed E-state index contributed by atoms with van der Waals surface area (Å²) in [5, 5.41) is 9.48. The Hall–Kier alpha value is -2.58. The van der Waals surface area contributed by atoms with E-state index in [9.17, 15) is 22.8 Å². The third-order valence-corrected chi connectivity index (χ3v) is 7.24. The number of rotatable bonds is 6. The number of carbonyl (C=O) groups excluding carboxylic acids is 1. The molecule has 1 saturated heterocycles. The molecule has 0 radical (unpaired) electrons. The Morgan fingerprint density at radius 2 is 1.75 bits per heavy atom. The van der Waals surface area contributed by atoms with E-state index in [0.717, 1.165) is 6.07 Å². The molecule has 194 valence electrons. The number of carboxylic acid groups (broad SMARTS) is 1. The predicted molar refractivity (Wildman–Crippen MR) is 135 cm³/mol. The van der Waals surface area contributed by atoms with Gasteiger partial charge in [0.15, 0.2) is 0 Å². The number of piperidine rings is 1. The first kappa shape index (κ1) is 28.0. The zero-order valence-electron chi connectivity index (χ0n) is 20.2. The van der Waals surface area contributed by atoms with Crippen LogP contribution in [0.2, 0.25) is 10.0 Å². The van der Waals surface area contributed by atoms with Gasteiger partial charge in [0.2, 0.25) is 0 Å². The molecule has 0 aromatic heterocycles. The Kier molecular flexibility index (Phi) is 8.72. The van der Waals surface area contributed by atoms with Crippen molar-refractivity contribution < 1.29 is 27.9 Å². The molecule has 1 aliphatic heterocycles. The minimum atomic E-state index is -4.49. The third kappa shape index (κ3) is 6.40. The van der Waals surface area contributed by atoms with Crippen LogP contribution in [0.15, 0.2) is 29.3 Å². The van der Waals surface area contributed by atoms with E-state index >= 15 is 0 Å². The van der Waals surface area contributed by atoms with E-state index in [1.54, 1.807) is 30.9 Å². The molecule has 3 rings (SSSR count). The van der Waals surface area contributed by atoms with Crippen molar-refractivity contribution in [1.82, 2.24) is 4.90 Å². The van der Waals surface area contributed by atoms with Gasteiger partial charge in [0.25, 0.3) is 5.91 Å². The fourth-order valence-corrected chi connectivity index (χ4v) is 5.07. The van der Waals surface area contributed by atoms with Gasteiger partial charge in [-0.15, -0.1) is 0 Å². The number of likely N-dealkylation sites (tertiary alicyclic amines) is 1. The molecular weight excluding hydrogens is 516 g/mol. The monoisotopic (exact) mass is 542 g/mol. The molecule has 0 unspecified atom stereocenters. The molecule has 2 aromatic carbocycles. The summed E-state index contributed by atoms with van der Waals surface area (Å²) in [7, 11) is 0. The highest BCUT2D eigenvalue weighted by Crippen LogP contribution is 2.38. The van der Waals surface area contributed by atoms with Gasteiger partial charge in [0, 0.05) is 36.7 Å². The lowest BCUT2D eigenvalue weighted by atomic mass is 9.93. The van der Waals surface area contributed by atoms with E-state index < -0.39 is 17.7 Å². The summed E-state index contributed by atoms with van der Waals surface area (Å²) in [6.07, 6.45) is -3.07. The lowest BCUT2D eigenvalue weighted by Crippen LogP contribution is -2.39. The molecule has 0 atom stereocenters. The second-order valence-corrected chi connectivity index (χ2v) is 9.93. The Balaban J connectivity index is 1.85. The molecule has 1 N–H and O–H groups in total. The standard InChI is InChI=1S/C26H27Cl2F3N2O3/c1-14-4-6-20(26(29,30)31)16(3)24(14)32-15(2)12-19-21(27)7-5-18(23(19)28)25(36)33-10-8-17(9-11-33)13-22(34)35/h4-7,17H,8-13H2,1-3H3,(H,34,35). The zero-order valence-corrected chi connectivity index (χ0v) is 21.7. The molecule has 36 heavy (non-hydrogen) atoms. The fraction of sp³-hybridized carbons (Fsp3) is 0.423. The predicted octanol–water partition coefficient (Wildman–Crippen LogP) is 7.29. The number of aliphatic imine (C=N–C) groups is 1. The SMILES string of the molecule is CC(Cc1c(Cl)ccc(C(=O)N2CCC(CC(=O)O)CC2)c1Cl)=Nc1c(C)ccc(C(F)(F)F)c1C. The first-order valence-electron chi connectivity index (χ1n) is 11.5. The topological polar surface area (TPSA) is 70.0 Å². The molecule has 0 aliphatic carbocycles. The van der Waals surface area contributed by atoms with Crippen molar-refractivity contribution in [3.8, 4) is 0 Å². The van der Waals surface area contributed by atoms with Crippen molar-refractivity contribution in [2.75, 3.05) is 13.1 Å². The molecule has 5 nitrogen and oxygen atoms in total. The van der Waals surface area contributed by atoms with Crippen molar-refractivity contribution >= 4 is 46.5 Å². The summed E-state index contributed by atoms with van der Waals surface area (Å²) in [6.45, 7) is 5.62. The van der Waals surface area contributed by atoms with E-state index in [1.165, 1.54) is 13.0 Å². The van der Waals surface area contributed by atoms with E-state index in [2.05, 4.69) is 4.99 Å². The first-order chi connectivity index (χ1) is 16.8. The van der Waals surface area contributed by atoms with Crippen LogP contribution in [-0.4, -0.2) is 40.7 Å². The summed E-state index contributed by atoms with van der Waals surface area (Å²) >= 11 is 13.0. The van der Waals surface area contributed by atoms with Crippen molar-refractivity contribution in [1.29, 1.82) is 0 Å². The van der Waals surface area contributed by atoms with Gasteiger partial charge < -0.3 is 10.0 Å². The van der Waals surface area contributed by atoms with Gasteiger partial charge in [0.05, 0.1) is 21.8 Å². The maximum atomic E-state index is 13.4. The largest absolute Gasteiger partial charge is 0.481 e. The second-order valence-electron chi connectivity index (χ2n) is 9.15. The average Bonchev–Trinajstić information content (AvgIpc) is 2.78. The number of carboxylic acids is 1. The maximum absolute atomic E-state index is 13.4. The highest BCUT2D eigenvalue weighted by Gasteiger charge is 2.33. The highest BCUT2D eigenvalue weighted by atomic mass is 35.5. The van der Waals surface area contributed by atoms with Crippen LogP contribution in [0.5, 0.6) is 0 Å². The molecule has 10 heteroatoms. The van der Waals surface area contributed by atoms with Crippen molar-refractivity contribution in [2.24, 2.45) is 10.9 Å². The third-order valence-electron chi connectivity index (χ3n) is 6.45. The van der Waals surface area contributed by atoms with E-state index in [1.807, 2.05) is 0 Å². The molecule has 0 saturated carbocycles. The first-order valence-corrected chi connectivity index (χ1v) is 12.2. The lowest BCUT2D eigenvalue weighted by molar-refractivity contribution is -0.139. The Labute approximate surface area is 217 Å². The molecule has 1 aliphatic rings. The van der Waals surface area contributed by atoms with Gasteiger partial charge in [-0.25, -0.2) is 0 Å². The van der Waals surface area contributed by atoms with Crippen LogP contribution in [-0.2, 0) is 17.4 Å². The van der Waals surface area contributed by atoms with Crippen molar-refractivity contribution in [3.63, 3.8) is 0 Å². The number of benzene rings is 2. The number of alkyl halides is 3. The van der Waals surface area contributed by atoms with Crippen LogP contribution >= 0.6 is 23.2 Å². The van der Waals surface area contributed by atoms with Gasteiger partial charge in [0.1, 0.15) is 0 Å². The summed E-state index contributed by atoms with van der Waals surface area (Å²) in [6, 6.07) is 5.56. The number of aliphatic carboxylic acids is 1. The molecule has 0 bridgehead atoms. The quantitative estimate of drug-likeness (QED) is 0.389. The Morgan fingerprint density at radius 1 is 1.11 bits per heavy atom. The number of aryl methyl sites for hydroxylation is 1. The number of carbonyl (C=O) groups is 2. The maximum Gasteiger partial charge on any atom is 0.416 e. The van der Waals surface area contributed by atoms with E-state index in [-0.39, 0.29) is 46.5 Å². The van der Waals surface area contributed by atoms with Crippen LogP contribution in [0.1, 0.15) is 58.8 Å². The van der Waals surface area contributed by atoms with Gasteiger partial charge in [-0.05, 0) is 74.4 Å². The summed E-state index contributed by atoms with van der Waals surface area (Å²) in [4.78, 5) is 30.2. The van der Waals surface area contributed by atoms with Crippen LogP contribution in [0.4, 0.5) is 18.9 Å². The van der Waals surface area contributed by atoms with Crippen LogP contribution < -0.4 is 0 Å². The number of amides is 1. The molecular formula is C26H27Cl2F3N2O3. The van der Waals surface area contributed by atoms with Gasteiger partial charge in [-0.3, -0.25) is 14.6 Å². The Bertz CT molecular complexity index is 1200. The zero-order chi connectivity index (χ0) is 26.8. The van der Waals surface area contributed by atoms with Crippen LogP contribution in [0.25, 0.3) is 0 Å². The smallest absolute Gasteiger partial charge is 0.416 e. The number of halogens is 5. The number of hydrogen-bond acceptors (Lipinski definition) is 3. The Morgan fingerprint density at radius 3 is 2.33 bits per heavy atom. The van der Waals surface area contributed by atoms with Gasteiger partial charge in [-0.2, -0.15) is 13.2 Å². The molecule has 1 heterocycles. The van der Waals surface area contributed by atoms with Crippen LogP contribution in [0.3, 0.4) is 0 Å². The summed E-state index contributed by atoms with van der Waals surface area (Å²) < 4.78 is 40.1. The van der Waals surface area contributed by atoms with Crippen molar-refractivity contribution in [3.05, 3.63) is 62.1 Å². The number of nitrogens with zero attached hydrogens (tertiary/aromatic N) is 2. The molecule has 1 fully saturated rings. The minimum absolute atomic E-state index is 0.0319. The van der Waals surface area contributed by atoms with E-state index in [4.69, 9.17) is 28.3 Å². The summed E-state index contributed by atoms with van der Waals surface area (Å²) in [5.74, 6) is -1.09. The average molecular weight is 543 g/mol. The summed E-state index contributed by atoms with van der Waals surface area (Å²) in [5.41, 5.74) is 1.37. The van der Waals surface area contributed by atoms with Crippen molar-refractivity contribution in [2.45, 2.75) is 52.6 Å². The lowest BCUT2D eigenvalue weighted by Gasteiger charge is -2.31. The second kappa shape index (κ2) is 11.2. The fourth-order valence-electron chi connectivity index (χ4n) is 4.48. The number of hydrogen-bond donors (Lipinski definition) is 1. The van der Waals surface area contributed by atoms with E-state index in [0.29, 0.717) is 47.8 Å². The van der Waals surface area contributed by atoms with Gasteiger partial charge >= 0.3 is 12.1 Å².